The van der Waals surface area contributed by atoms with Gasteiger partial charge in [-0.05, 0) is 81.3 Å². The van der Waals surface area contributed by atoms with Crippen LogP contribution in [-0.4, -0.2) is 52.8 Å². The second kappa shape index (κ2) is 11.6. The number of aliphatic hydroxyl groups is 1. The third kappa shape index (κ3) is 6.76. The summed E-state index contributed by atoms with van der Waals surface area (Å²) >= 11 is 6.25. The molecule has 3 N–H and O–H groups in total. The summed E-state index contributed by atoms with van der Waals surface area (Å²) in [6, 6.07) is 9.49. The van der Waals surface area contributed by atoms with E-state index in [1.807, 2.05) is 24.3 Å². The quantitative estimate of drug-likeness (QED) is 0.533. The molecule has 4 rings (SSSR count). The van der Waals surface area contributed by atoms with Crippen LogP contribution in [0.2, 0.25) is 5.02 Å². The Hall–Kier alpha value is -2.48. The van der Waals surface area contributed by atoms with Crippen molar-refractivity contribution in [2.45, 2.75) is 50.7 Å². The van der Waals surface area contributed by atoms with E-state index in [1.165, 1.54) is 0 Å². The Labute approximate surface area is 200 Å². The highest BCUT2D eigenvalue weighted by Gasteiger charge is 2.24. The molecule has 2 heterocycles. The molecule has 1 aromatic carbocycles. The van der Waals surface area contributed by atoms with E-state index in [0.29, 0.717) is 29.3 Å². The first-order chi connectivity index (χ1) is 16.1. The van der Waals surface area contributed by atoms with Gasteiger partial charge in [0.2, 0.25) is 5.95 Å². The van der Waals surface area contributed by atoms with Crippen LogP contribution in [0.5, 0.6) is 0 Å². The highest BCUT2D eigenvalue weighted by Crippen LogP contribution is 2.24. The van der Waals surface area contributed by atoms with Crippen LogP contribution in [0.25, 0.3) is 6.08 Å². The van der Waals surface area contributed by atoms with Gasteiger partial charge in [0.05, 0.1) is 6.10 Å². The minimum atomic E-state index is -0.210. The Bertz CT molecular complexity index is 955. The monoisotopic (exact) mass is 469 g/mol. The highest BCUT2D eigenvalue weighted by molar-refractivity contribution is 6.32. The van der Waals surface area contributed by atoms with E-state index in [0.717, 1.165) is 57.2 Å². The van der Waals surface area contributed by atoms with Crippen LogP contribution < -0.4 is 15.5 Å². The smallest absolute Gasteiger partial charge is 0.252 e. The van der Waals surface area contributed by atoms with Crippen molar-refractivity contribution in [1.82, 2.24) is 15.3 Å². The third-order valence-electron chi connectivity index (χ3n) is 6.42. The number of halogens is 1. The molecule has 0 unspecified atom stereocenters. The van der Waals surface area contributed by atoms with Gasteiger partial charge in [0.25, 0.3) is 5.91 Å². The van der Waals surface area contributed by atoms with Gasteiger partial charge in [0, 0.05) is 29.9 Å². The number of piperidine rings is 1. The normalized spacial score (nSPS) is 21.8. The van der Waals surface area contributed by atoms with E-state index >= 15 is 0 Å². The molecule has 2 fully saturated rings. The molecule has 0 bridgehead atoms. The number of benzene rings is 1. The molecule has 1 aliphatic carbocycles. The molecule has 1 aromatic heterocycles. The molecule has 1 saturated heterocycles. The van der Waals surface area contributed by atoms with Crippen LogP contribution in [0.3, 0.4) is 0 Å². The molecule has 33 heavy (non-hydrogen) atoms. The topological polar surface area (TPSA) is 90.4 Å². The maximum absolute atomic E-state index is 13.3. The lowest BCUT2D eigenvalue weighted by atomic mass is 9.93. The van der Waals surface area contributed by atoms with Crippen LogP contribution in [0.4, 0.5) is 11.8 Å². The standard InChI is InChI=1S/C25H32ClN5O2/c26-22-4-2-1-3-19(22)5-10-24(33)31(17-18-11-14-27-15-12-18)23-13-16-28-25(30-23)29-20-6-8-21(32)9-7-20/h1-5,10,13,16,18,20-21,27,32H,6-9,11-12,14-15,17H2,(H,28,29,30). The summed E-state index contributed by atoms with van der Waals surface area (Å²) in [5, 5.41) is 17.1. The summed E-state index contributed by atoms with van der Waals surface area (Å²) < 4.78 is 0. The van der Waals surface area contributed by atoms with Crippen LogP contribution in [0.15, 0.2) is 42.6 Å². The van der Waals surface area contributed by atoms with Crippen molar-refractivity contribution in [2.75, 3.05) is 29.9 Å². The molecular formula is C25H32ClN5O2. The second-order valence-corrected chi connectivity index (χ2v) is 9.29. The number of nitrogens with zero attached hydrogens (tertiary/aromatic N) is 3. The van der Waals surface area contributed by atoms with Gasteiger partial charge in [-0.1, -0.05) is 29.8 Å². The number of nitrogens with one attached hydrogen (secondary N) is 2. The number of amides is 1. The van der Waals surface area contributed by atoms with E-state index in [1.54, 1.807) is 29.3 Å². The van der Waals surface area contributed by atoms with Gasteiger partial charge < -0.3 is 15.7 Å². The number of anilines is 2. The molecular weight excluding hydrogens is 438 g/mol. The molecule has 8 heteroatoms. The first kappa shape index (κ1) is 23.7. The molecule has 2 aliphatic rings. The summed E-state index contributed by atoms with van der Waals surface area (Å²) in [5.74, 6) is 1.40. The predicted molar refractivity (Wildman–Crippen MR) is 132 cm³/mol. The Morgan fingerprint density at radius 2 is 1.91 bits per heavy atom. The fourth-order valence-electron chi connectivity index (χ4n) is 4.45. The van der Waals surface area contributed by atoms with Gasteiger partial charge in [0.1, 0.15) is 5.82 Å². The minimum absolute atomic E-state index is 0.126. The molecule has 1 aliphatic heterocycles. The first-order valence-electron chi connectivity index (χ1n) is 11.8. The number of rotatable bonds is 7. The van der Waals surface area contributed by atoms with E-state index < -0.39 is 0 Å². The highest BCUT2D eigenvalue weighted by atomic mass is 35.5. The molecule has 1 amide bonds. The number of aliphatic hydroxyl groups excluding tert-OH is 1. The lowest BCUT2D eigenvalue weighted by Crippen LogP contribution is -2.39. The zero-order valence-corrected chi connectivity index (χ0v) is 19.5. The van der Waals surface area contributed by atoms with Gasteiger partial charge in [-0.2, -0.15) is 4.98 Å². The largest absolute Gasteiger partial charge is 0.393 e. The Balaban J connectivity index is 1.52. The Morgan fingerprint density at radius 1 is 1.15 bits per heavy atom. The fourth-order valence-corrected chi connectivity index (χ4v) is 4.65. The number of hydrogen-bond acceptors (Lipinski definition) is 6. The fraction of sp³-hybridized carbons (Fsp3) is 0.480. The Morgan fingerprint density at radius 3 is 2.67 bits per heavy atom. The lowest BCUT2D eigenvalue weighted by molar-refractivity contribution is -0.114. The van der Waals surface area contributed by atoms with E-state index in [2.05, 4.69) is 15.6 Å². The summed E-state index contributed by atoms with van der Waals surface area (Å²) in [5.41, 5.74) is 0.805. The Kier molecular flexibility index (Phi) is 8.31. The van der Waals surface area contributed by atoms with Crippen molar-refractivity contribution >= 4 is 35.4 Å². The first-order valence-corrected chi connectivity index (χ1v) is 12.2. The van der Waals surface area contributed by atoms with Crippen molar-refractivity contribution < 1.29 is 9.90 Å². The van der Waals surface area contributed by atoms with Crippen LogP contribution in [-0.2, 0) is 4.79 Å². The van der Waals surface area contributed by atoms with E-state index in [9.17, 15) is 9.90 Å². The molecule has 0 radical (unpaired) electrons. The van der Waals surface area contributed by atoms with Crippen LogP contribution >= 0.6 is 11.6 Å². The zero-order chi connectivity index (χ0) is 23.0. The van der Waals surface area contributed by atoms with E-state index in [-0.39, 0.29) is 18.1 Å². The maximum atomic E-state index is 13.3. The minimum Gasteiger partial charge on any atom is -0.393 e. The SMILES string of the molecule is O=C(C=Cc1ccccc1Cl)N(CC1CCNCC1)c1ccnc(NC2CCC(O)CC2)n1. The average molecular weight is 470 g/mol. The second-order valence-electron chi connectivity index (χ2n) is 8.89. The number of aromatic nitrogens is 2. The van der Waals surface area contributed by atoms with Crippen LogP contribution in [0, 0.1) is 5.92 Å². The van der Waals surface area contributed by atoms with Crippen molar-refractivity contribution in [3.05, 3.63) is 53.2 Å². The number of carbonyl (C=O) groups excluding carboxylic acids is 1. The molecule has 0 spiro atoms. The average Bonchev–Trinajstić information content (AvgIpc) is 2.84. The van der Waals surface area contributed by atoms with Crippen molar-refractivity contribution in [2.24, 2.45) is 5.92 Å². The number of hydrogen-bond donors (Lipinski definition) is 3. The summed E-state index contributed by atoms with van der Waals surface area (Å²) in [6.45, 7) is 2.54. The molecule has 176 valence electrons. The number of carbonyl (C=O) groups is 1. The summed E-state index contributed by atoms with van der Waals surface area (Å²) in [4.78, 5) is 24.1. The van der Waals surface area contributed by atoms with Gasteiger partial charge >= 0.3 is 0 Å². The summed E-state index contributed by atoms with van der Waals surface area (Å²) in [6.07, 6.45) is 10.2. The predicted octanol–water partition coefficient (Wildman–Crippen LogP) is 3.89. The van der Waals surface area contributed by atoms with E-state index in [4.69, 9.17) is 16.6 Å². The van der Waals surface area contributed by atoms with Gasteiger partial charge in [0.15, 0.2) is 0 Å². The zero-order valence-electron chi connectivity index (χ0n) is 18.8. The van der Waals surface area contributed by atoms with Crippen LogP contribution in [0.1, 0.15) is 44.1 Å². The van der Waals surface area contributed by atoms with Crippen molar-refractivity contribution in [1.29, 1.82) is 0 Å². The van der Waals surface area contributed by atoms with Gasteiger partial charge in [-0.15, -0.1) is 0 Å². The van der Waals surface area contributed by atoms with Gasteiger partial charge in [-0.3, -0.25) is 9.69 Å². The summed E-state index contributed by atoms with van der Waals surface area (Å²) in [7, 11) is 0. The van der Waals surface area contributed by atoms with Crippen molar-refractivity contribution in [3.63, 3.8) is 0 Å². The molecule has 0 atom stereocenters. The van der Waals surface area contributed by atoms with Gasteiger partial charge in [-0.25, -0.2) is 4.98 Å². The molecule has 1 saturated carbocycles. The maximum Gasteiger partial charge on any atom is 0.252 e. The lowest BCUT2D eigenvalue weighted by Gasteiger charge is -2.29. The third-order valence-corrected chi connectivity index (χ3v) is 6.77. The molecule has 2 aromatic rings. The molecule has 7 nitrogen and oxygen atoms in total. The van der Waals surface area contributed by atoms with Crippen molar-refractivity contribution in [3.8, 4) is 0 Å².